The van der Waals surface area contributed by atoms with Crippen LogP contribution >= 0.6 is 22.7 Å². The molecule has 3 aromatic heterocycles. The van der Waals surface area contributed by atoms with Crippen molar-refractivity contribution in [1.29, 1.82) is 0 Å². The maximum absolute atomic E-state index is 12.3. The first-order chi connectivity index (χ1) is 12.2. The number of nitrogens with one attached hydrogen (secondary N) is 1. The first-order valence-corrected chi connectivity index (χ1v) is 9.77. The number of hydrogen-bond donors (Lipinski definition) is 1. The molecule has 0 aliphatic carbocycles. The molecule has 0 amide bonds. The van der Waals surface area contributed by atoms with Gasteiger partial charge in [0, 0.05) is 28.6 Å². The Kier molecular flexibility index (Phi) is 4.48. The average Bonchev–Trinajstić information content (AvgIpc) is 3.27. The molecule has 0 aliphatic rings. The average molecular weight is 367 g/mol. The van der Waals surface area contributed by atoms with E-state index in [1.54, 1.807) is 21.8 Å². The molecule has 3 heterocycles. The summed E-state index contributed by atoms with van der Waals surface area (Å²) in [5, 5.41) is 7.60. The smallest absolute Gasteiger partial charge is 0.259 e. The topological polar surface area (TPSA) is 46.4 Å². The molecule has 4 nitrogen and oxygen atoms in total. The summed E-state index contributed by atoms with van der Waals surface area (Å²) in [5.74, 6) is 0. The van der Waals surface area contributed by atoms with Crippen molar-refractivity contribution in [2.45, 2.75) is 19.5 Å². The van der Waals surface area contributed by atoms with E-state index >= 15 is 0 Å². The first-order valence-electron chi connectivity index (χ1n) is 8.01. The first kappa shape index (κ1) is 16.2. The van der Waals surface area contributed by atoms with Gasteiger partial charge in [0.1, 0.15) is 0 Å². The normalized spacial score (nSPS) is 12.5. The van der Waals surface area contributed by atoms with E-state index < -0.39 is 0 Å². The van der Waals surface area contributed by atoms with Gasteiger partial charge in [-0.2, -0.15) is 0 Å². The molecular formula is C19H17N3OS2. The maximum Gasteiger partial charge on any atom is 0.259 e. The zero-order valence-electron chi connectivity index (χ0n) is 13.7. The highest BCUT2D eigenvalue weighted by Gasteiger charge is 2.15. The predicted molar refractivity (Wildman–Crippen MR) is 104 cm³/mol. The predicted octanol–water partition coefficient (Wildman–Crippen LogP) is 4.01. The molecule has 0 aliphatic heterocycles. The zero-order valence-corrected chi connectivity index (χ0v) is 15.3. The van der Waals surface area contributed by atoms with Crippen LogP contribution < -0.4 is 10.9 Å². The third kappa shape index (κ3) is 3.28. The fraction of sp³-hybridized carbons (Fsp3) is 0.158. The van der Waals surface area contributed by atoms with Crippen LogP contribution in [0.15, 0.2) is 64.1 Å². The molecule has 4 aromatic rings. The fourth-order valence-corrected chi connectivity index (χ4v) is 4.60. The number of thiazole rings is 1. The van der Waals surface area contributed by atoms with Gasteiger partial charge in [-0.3, -0.25) is 14.5 Å². The minimum atomic E-state index is -0.0204. The number of fused-ring (bicyclic) bond motifs is 1. The van der Waals surface area contributed by atoms with E-state index in [-0.39, 0.29) is 11.6 Å². The number of nitrogens with zero attached hydrogens (tertiary/aromatic N) is 2. The fourth-order valence-electron chi connectivity index (χ4n) is 2.88. The molecule has 0 saturated heterocycles. The van der Waals surface area contributed by atoms with Crippen molar-refractivity contribution in [2.24, 2.45) is 0 Å². The molecule has 126 valence electrons. The van der Waals surface area contributed by atoms with Gasteiger partial charge in [0.2, 0.25) is 0 Å². The molecule has 0 fully saturated rings. The summed E-state index contributed by atoms with van der Waals surface area (Å²) in [6.45, 7) is 2.47. The van der Waals surface area contributed by atoms with Gasteiger partial charge in [-0.05, 0) is 23.9 Å². The molecule has 4 rings (SSSR count). The molecule has 25 heavy (non-hydrogen) atoms. The molecule has 0 unspecified atom stereocenters. The van der Waals surface area contributed by atoms with Crippen LogP contribution in [0.1, 0.15) is 27.9 Å². The lowest BCUT2D eigenvalue weighted by molar-refractivity contribution is 0.604. The maximum atomic E-state index is 12.3. The van der Waals surface area contributed by atoms with Crippen LogP contribution in [0.5, 0.6) is 0 Å². The zero-order chi connectivity index (χ0) is 17.2. The third-order valence-corrected chi connectivity index (χ3v) is 5.96. The van der Waals surface area contributed by atoms with E-state index in [1.165, 1.54) is 21.8 Å². The van der Waals surface area contributed by atoms with Crippen LogP contribution in [0.25, 0.3) is 4.96 Å². The molecule has 0 saturated carbocycles. The molecule has 1 N–H and O–H groups in total. The van der Waals surface area contributed by atoms with Crippen LogP contribution in [-0.2, 0) is 6.54 Å². The second-order valence-electron chi connectivity index (χ2n) is 5.82. The number of thiophene rings is 1. The van der Waals surface area contributed by atoms with Crippen LogP contribution in [0.4, 0.5) is 0 Å². The Morgan fingerprint density at radius 3 is 2.76 bits per heavy atom. The van der Waals surface area contributed by atoms with Gasteiger partial charge < -0.3 is 0 Å². The van der Waals surface area contributed by atoms with Crippen molar-refractivity contribution in [3.63, 3.8) is 0 Å². The Balaban J connectivity index is 1.63. The molecule has 1 aromatic carbocycles. The van der Waals surface area contributed by atoms with Crippen molar-refractivity contribution in [3.8, 4) is 0 Å². The monoisotopic (exact) mass is 367 g/mol. The van der Waals surface area contributed by atoms with Crippen molar-refractivity contribution >= 4 is 27.6 Å². The summed E-state index contributed by atoms with van der Waals surface area (Å²) in [6.07, 6.45) is 0. The molecule has 1 atom stereocenters. The highest BCUT2D eigenvalue weighted by atomic mass is 32.1. The van der Waals surface area contributed by atoms with Crippen molar-refractivity contribution in [2.75, 3.05) is 0 Å². The summed E-state index contributed by atoms with van der Waals surface area (Å²) in [5.41, 5.74) is 2.88. The van der Waals surface area contributed by atoms with Crippen LogP contribution in [-0.4, -0.2) is 9.38 Å². The highest BCUT2D eigenvalue weighted by Crippen LogP contribution is 2.26. The third-order valence-electron chi connectivity index (χ3n) is 4.08. The summed E-state index contributed by atoms with van der Waals surface area (Å²) in [7, 11) is 0. The van der Waals surface area contributed by atoms with E-state index in [2.05, 4.69) is 39.9 Å². The standard InChI is InChI=1S/C19H17N3OS2/c1-13-12-25-19-21-15(10-17(23)22(13)19)11-20-18(16-8-5-9-24-16)14-6-3-2-4-7-14/h2-10,12,18,20H,11H2,1H3/t18-/m0/s1. The van der Waals surface area contributed by atoms with E-state index in [4.69, 9.17) is 0 Å². The van der Waals surface area contributed by atoms with Gasteiger partial charge in [0.05, 0.1) is 11.7 Å². The van der Waals surface area contributed by atoms with Crippen molar-refractivity contribution in [3.05, 3.63) is 91.5 Å². The second kappa shape index (κ2) is 6.92. The van der Waals surface area contributed by atoms with E-state index in [1.807, 2.05) is 30.5 Å². The van der Waals surface area contributed by atoms with E-state index in [0.29, 0.717) is 6.54 Å². The molecule has 0 bridgehead atoms. The SMILES string of the molecule is Cc1csc2nc(CN[C@@H](c3ccccc3)c3cccs3)cc(=O)n12. The Morgan fingerprint density at radius 2 is 2.00 bits per heavy atom. The number of hydrogen-bond acceptors (Lipinski definition) is 5. The van der Waals surface area contributed by atoms with Gasteiger partial charge in [0.15, 0.2) is 4.96 Å². The molecule has 6 heteroatoms. The van der Waals surface area contributed by atoms with Crippen LogP contribution in [0.3, 0.4) is 0 Å². The van der Waals surface area contributed by atoms with Gasteiger partial charge >= 0.3 is 0 Å². The van der Waals surface area contributed by atoms with Crippen LogP contribution in [0.2, 0.25) is 0 Å². The molecule has 0 radical (unpaired) electrons. The van der Waals surface area contributed by atoms with Crippen molar-refractivity contribution in [1.82, 2.24) is 14.7 Å². The summed E-state index contributed by atoms with van der Waals surface area (Å²) in [6, 6.07) is 16.2. The Morgan fingerprint density at radius 1 is 1.16 bits per heavy atom. The summed E-state index contributed by atoms with van der Waals surface area (Å²) < 4.78 is 1.65. The van der Waals surface area contributed by atoms with E-state index in [9.17, 15) is 4.79 Å². The quantitative estimate of drug-likeness (QED) is 0.580. The summed E-state index contributed by atoms with van der Waals surface area (Å²) in [4.78, 5) is 18.9. The minimum absolute atomic E-state index is 0.0204. The Bertz CT molecular complexity index is 1040. The highest BCUT2D eigenvalue weighted by molar-refractivity contribution is 7.15. The second-order valence-corrected chi connectivity index (χ2v) is 7.64. The minimum Gasteiger partial charge on any atom is -0.300 e. The molecule has 0 spiro atoms. The number of aryl methyl sites for hydroxylation is 1. The van der Waals surface area contributed by atoms with Gasteiger partial charge in [-0.15, -0.1) is 22.7 Å². The Hall–Kier alpha value is -2.28. The lowest BCUT2D eigenvalue weighted by atomic mass is 10.1. The van der Waals surface area contributed by atoms with E-state index in [0.717, 1.165) is 16.3 Å². The van der Waals surface area contributed by atoms with Gasteiger partial charge in [-0.25, -0.2) is 4.98 Å². The lowest BCUT2D eigenvalue weighted by Gasteiger charge is -2.18. The lowest BCUT2D eigenvalue weighted by Crippen LogP contribution is -2.24. The molecular weight excluding hydrogens is 350 g/mol. The van der Waals surface area contributed by atoms with Gasteiger partial charge in [-0.1, -0.05) is 36.4 Å². The van der Waals surface area contributed by atoms with Crippen molar-refractivity contribution < 1.29 is 0 Å². The summed E-state index contributed by atoms with van der Waals surface area (Å²) >= 11 is 3.22. The number of aromatic nitrogens is 2. The Labute approximate surface area is 153 Å². The van der Waals surface area contributed by atoms with Crippen LogP contribution in [0, 0.1) is 6.92 Å². The number of benzene rings is 1. The number of rotatable bonds is 5. The van der Waals surface area contributed by atoms with Gasteiger partial charge in [0.25, 0.3) is 5.56 Å². The largest absolute Gasteiger partial charge is 0.300 e.